The molecule has 0 unspecified atom stereocenters. The smallest absolute Gasteiger partial charge is 0.296 e. The quantitative estimate of drug-likeness (QED) is 0.0731. The summed E-state index contributed by atoms with van der Waals surface area (Å²) >= 11 is 0. The van der Waals surface area contributed by atoms with Gasteiger partial charge in [0, 0.05) is 14.1 Å². The second-order valence-corrected chi connectivity index (χ2v) is 16.4. The maximum atomic E-state index is 13.5. The van der Waals surface area contributed by atoms with E-state index in [1.54, 1.807) is 0 Å². The third-order valence-corrected chi connectivity index (χ3v) is 10.7. The van der Waals surface area contributed by atoms with E-state index >= 15 is 0 Å². The zero-order valence-corrected chi connectivity index (χ0v) is 30.7. The van der Waals surface area contributed by atoms with Gasteiger partial charge in [-0.2, -0.15) is 43.8 Å². The van der Waals surface area contributed by atoms with Gasteiger partial charge in [-0.05, 0) is 55.5 Å². The fourth-order valence-electron chi connectivity index (χ4n) is 4.66. The Morgan fingerprint density at radius 1 is 0.759 bits per heavy atom. The third kappa shape index (κ3) is 8.44. The number of carbonyl (C=O) groups excluding carboxylic acids is 3. The standard InChI is InChI=1S/C28H26N6O16S4/c1-14(4-8-17-23(25(35)29-2)31-33(27(17)37)19-12-15(51(39,40)41)6-10-21(19)53(45,46)47)5-9-18-24(26(36)30-3)32-34(28(18)38)20-13-16(52(42,43)44)7-11-22(20)54(48,49)50/h4-13,31H,1-3H3,(H,29,35)(H,30,36)(H,39,40,41)(H,42,43,44)(H,45,46,47)(H,48,49,50)/b8-4+,14-5-,18-9+. The number of aromatic nitrogens is 2. The Kier molecular flexibility index (Phi) is 11.2. The summed E-state index contributed by atoms with van der Waals surface area (Å²) in [6.45, 7) is 1.39. The molecule has 26 heteroatoms. The Morgan fingerprint density at radius 2 is 1.26 bits per heavy atom. The summed E-state index contributed by atoms with van der Waals surface area (Å²) in [4.78, 5) is 48.7. The monoisotopic (exact) mass is 830 g/mol. The molecule has 1 aliphatic heterocycles. The molecule has 0 saturated heterocycles. The molecule has 7 N–H and O–H groups in total. The van der Waals surface area contributed by atoms with Crippen molar-refractivity contribution in [2.75, 3.05) is 19.1 Å². The summed E-state index contributed by atoms with van der Waals surface area (Å²) in [5, 5.41) is 10.9. The van der Waals surface area contributed by atoms with E-state index < -0.39 is 117 Å². The third-order valence-electron chi connectivity index (χ3n) is 7.21. The van der Waals surface area contributed by atoms with E-state index in [1.807, 2.05) is 0 Å². The lowest BCUT2D eigenvalue weighted by atomic mass is 10.1. The first kappa shape index (κ1) is 41.2. The highest BCUT2D eigenvalue weighted by atomic mass is 32.2. The van der Waals surface area contributed by atoms with Gasteiger partial charge in [0.05, 0.1) is 32.3 Å². The number of hydrazone groups is 1. The highest BCUT2D eigenvalue weighted by Gasteiger charge is 2.37. The number of carbonyl (C=O) groups is 3. The minimum absolute atomic E-state index is 0.166. The van der Waals surface area contributed by atoms with Gasteiger partial charge in [-0.3, -0.25) is 42.5 Å². The number of allylic oxidation sites excluding steroid dienone is 4. The Hall–Kier alpha value is -5.61. The van der Waals surface area contributed by atoms with Gasteiger partial charge in [-0.1, -0.05) is 17.7 Å². The minimum Gasteiger partial charge on any atom is -0.354 e. The fourth-order valence-corrected chi connectivity index (χ4v) is 6.97. The summed E-state index contributed by atoms with van der Waals surface area (Å²) in [6.07, 6.45) is 4.43. The largest absolute Gasteiger partial charge is 0.354 e. The lowest BCUT2D eigenvalue weighted by molar-refractivity contribution is -0.116. The van der Waals surface area contributed by atoms with E-state index in [0.717, 1.165) is 19.2 Å². The van der Waals surface area contributed by atoms with Crippen LogP contribution in [-0.4, -0.2) is 99.2 Å². The van der Waals surface area contributed by atoms with Gasteiger partial charge in [0.15, 0.2) is 5.71 Å². The molecule has 0 spiro atoms. The van der Waals surface area contributed by atoms with E-state index in [4.69, 9.17) is 0 Å². The Balaban J connectivity index is 1.84. The number of anilines is 1. The molecule has 0 aliphatic carbocycles. The Morgan fingerprint density at radius 3 is 1.74 bits per heavy atom. The van der Waals surface area contributed by atoms with Crippen LogP contribution in [0.5, 0.6) is 0 Å². The summed E-state index contributed by atoms with van der Waals surface area (Å²) in [7, 11) is -17.9. The van der Waals surface area contributed by atoms with Gasteiger partial charge in [0.25, 0.3) is 63.8 Å². The summed E-state index contributed by atoms with van der Waals surface area (Å²) in [6, 6.07) is 3.48. The Bertz CT molecular complexity index is 2780. The number of hydrogen-bond donors (Lipinski definition) is 7. The van der Waals surface area contributed by atoms with Crippen LogP contribution in [0.25, 0.3) is 11.8 Å². The highest BCUT2D eigenvalue weighted by Crippen LogP contribution is 2.33. The molecule has 0 saturated carbocycles. The van der Waals surface area contributed by atoms with Crippen molar-refractivity contribution in [2.24, 2.45) is 5.10 Å². The van der Waals surface area contributed by atoms with Crippen LogP contribution in [0.1, 0.15) is 23.0 Å². The molecular weight excluding hydrogens is 805 g/mol. The van der Waals surface area contributed by atoms with Gasteiger partial charge in [-0.25, -0.2) is 4.68 Å². The normalized spacial score (nSPS) is 15.2. The number of H-pyrrole nitrogens is 1. The van der Waals surface area contributed by atoms with E-state index in [1.165, 1.54) is 26.1 Å². The first-order chi connectivity index (χ1) is 24.8. The number of aromatic amines is 1. The van der Waals surface area contributed by atoms with Crippen molar-refractivity contribution in [3.8, 4) is 5.69 Å². The summed E-state index contributed by atoms with van der Waals surface area (Å²) < 4.78 is 134. The molecule has 22 nitrogen and oxygen atoms in total. The van der Waals surface area contributed by atoms with Gasteiger partial charge in [0.1, 0.15) is 15.5 Å². The molecule has 0 atom stereocenters. The van der Waals surface area contributed by atoms with Gasteiger partial charge < -0.3 is 10.6 Å². The molecule has 0 bridgehead atoms. The van der Waals surface area contributed by atoms with Crippen molar-refractivity contribution in [2.45, 2.75) is 26.5 Å². The zero-order valence-electron chi connectivity index (χ0n) is 27.4. The molecule has 0 fully saturated rings. The molecule has 3 amide bonds. The van der Waals surface area contributed by atoms with Crippen molar-refractivity contribution in [3.05, 3.63) is 87.4 Å². The van der Waals surface area contributed by atoms with Crippen LogP contribution >= 0.6 is 0 Å². The van der Waals surface area contributed by atoms with Crippen LogP contribution in [0.15, 0.2) is 95.3 Å². The van der Waals surface area contributed by atoms with Crippen LogP contribution in [0.2, 0.25) is 0 Å². The predicted octanol–water partition coefficient (Wildman–Crippen LogP) is -0.453. The predicted molar refractivity (Wildman–Crippen MR) is 185 cm³/mol. The number of amides is 3. The molecule has 288 valence electrons. The maximum Gasteiger partial charge on any atom is 0.296 e. The lowest BCUT2D eigenvalue weighted by Crippen LogP contribution is -2.28. The molecule has 4 rings (SSSR count). The summed E-state index contributed by atoms with van der Waals surface area (Å²) in [5.41, 5.74) is -4.73. The number of rotatable bonds is 11. The van der Waals surface area contributed by atoms with Crippen molar-refractivity contribution < 1.29 is 66.3 Å². The number of nitrogens with one attached hydrogen (secondary N) is 3. The molecular formula is C28H26N6O16S4. The maximum absolute atomic E-state index is 13.5. The van der Waals surface area contributed by atoms with Gasteiger partial charge in [-0.15, -0.1) is 0 Å². The molecule has 0 radical (unpaired) electrons. The first-order valence-electron chi connectivity index (χ1n) is 14.3. The first-order valence-corrected chi connectivity index (χ1v) is 20.0. The highest BCUT2D eigenvalue weighted by molar-refractivity contribution is 7.87. The van der Waals surface area contributed by atoms with Crippen molar-refractivity contribution >= 4 is 75.7 Å². The topological polar surface area (TPSA) is 346 Å². The molecule has 1 aromatic heterocycles. The van der Waals surface area contributed by atoms with Crippen molar-refractivity contribution in [1.29, 1.82) is 0 Å². The average molecular weight is 831 g/mol. The Labute approximate surface area is 305 Å². The summed E-state index contributed by atoms with van der Waals surface area (Å²) in [5.74, 6) is -3.13. The van der Waals surface area contributed by atoms with Crippen LogP contribution in [0.3, 0.4) is 0 Å². The minimum atomic E-state index is -5.15. The van der Waals surface area contributed by atoms with Gasteiger partial charge >= 0.3 is 0 Å². The van der Waals surface area contributed by atoms with E-state index in [-0.39, 0.29) is 5.57 Å². The average Bonchev–Trinajstić information content (AvgIpc) is 3.58. The van der Waals surface area contributed by atoms with Crippen LogP contribution in [0.4, 0.5) is 5.69 Å². The van der Waals surface area contributed by atoms with Crippen molar-refractivity contribution in [1.82, 2.24) is 20.4 Å². The SMILES string of the molecule is CNC(=O)C1=NN(c2cc(S(=O)(=O)O)ccc2S(=O)(=O)O)C(=O)/C1=C/C=C(C)\C=C\c1c(C(=O)NC)[nH]n(-c2cc(S(=O)(=O)O)ccc2S(=O)(=O)O)c1=O. The van der Waals surface area contributed by atoms with Crippen LogP contribution in [0, 0.1) is 0 Å². The second-order valence-electron chi connectivity index (χ2n) is 10.7. The molecule has 54 heavy (non-hydrogen) atoms. The lowest BCUT2D eigenvalue weighted by Gasteiger charge is -2.15. The molecule has 2 aromatic carbocycles. The zero-order chi connectivity index (χ0) is 40.7. The van der Waals surface area contributed by atoms with E-state index in [0.29, 0.717) is 46.1 Å². The van der Waals surface area contributed by atoms with Crippen LogP contribution < -0.4 is 21.2 Å². The fraction of sp³-hybridized carbons (Fsp3) is 0.107. The molecule has 2 heterocycles. The van der Waals surface area contributed by atoms with E-state index in [9.17, 15) is 71.1 Å². The number of benzene rings is 2. The van der Waals surface area contributed by atoms with Crippen molar-refractivity contribution in [3.63, 3.8) is 0 Å². The number of nitrogens with zero attached hydrogens (tertiary/aromatic N) is 3. The molecule has 3 aromatic rings. The number of hydrogen-bond acceptors (Lipinski definition) is 13. The van der Waals surface area contributed by atoms with E-state index in [2.05, 4.69) is 20.8 Å². The second kappa shape index (κ2) is 14.7. The van der Waals surface area contributed by atoms with Crippen LogP contribution in [-0.2, 0) is 50.1 Å². The molecule has 1 aliphatic rings. The van der Waals surface area contributed by atoms with Gasteiger partial charge in [0.2, 0.25) is 0 Å².